The van der Waals surface area contributed by atoms with Gasteiger partial charge in [-0.1, -0.05) is 0 Å². The predicted molar refractivity (Wildman–Crippen MR) is 16.6 cm³/mol. The van der Waals surface area contributed by atoms with E-state index in [1.165, 1.54) is 0 Å². The number of hydrogen-bond donors (Lipinski definition) is 2. The Kier molecular flexibility index (Phi) is 25.8. The molecule has 30 valence electrons. The van der Waals surface area contributed by atoms with Gasteiger partial charge in [0.15, 0.2) is 0 Å². The van der Waals surface area contributed by atoms with E-state index in [-0.39, 0.29) is 46.6 Å². The Morgan fingerprint density at radius 2 is 1.33 bits per heavy atom. The topological polar surface area (TPSA) is 57.5 Å². The minimum absolute atomic E-state index is 0. The molecule has 0 unspecified atom stereocenters. The fraction of sp³-hybridized carbons (Fsp3) is 0. The normalized spacial score (nSPS) is 5.83. The molecule has 2 N–H and O–H groups in total. The summed E-state index contributed by atoms with van der Waals surface area (Å²) in [6.45, 7) is 0. The zero-order valence-corrected chi connectivity index (χ0v) is 8.55. The zero-order chi connectivity index (χ0) is 3.58. The Balaban J connectivity index is -0.0000000450. The van der Waals surface area contributed by atoms with Crippen molar-refractivity contribution < 1.29 is 41.8 Å². The van der Waals surface area contributed by atoms with Crippen LogP contribution in [-0.2, 0) is 3.83 Å². The first kappa shape index (κ1) is 15.7. The average Bonchev–Trinajstić information content (AvgIpc) is 0.811. The van der Waals surface area contributed by atoms with Gasteiger partial charge in [0.1, 0.15) is 0 Å². The molecule has 0 saturated heterocycles. The smallest absolute Gasteiger partial charge is 1.00 e. The van der Waals surface area contributed by atoms with Crippen LogP contribution in [0.25, 0.3) is 0 Å². The van der Waals surface area contributed by atoms with E-state index < -0.39 is 14.5 Å². The van der Waals surface area contributed by atoms with Gasteiger partial charge in [0.05, 0.1) is 0 Å². The molecule has 0 aromatic heterocycles. The predicted octanol–water partition coefficient (Wildman–Crippen LogP) is -4.99. The molecular weight excluding hydrogens is 229 g/mol. The van der Waals surface area contributed by atoms with Crippen molar-refractivity contribution in [2.45, 2.75) is 0 Å². The van der Waals surface area contributed by atoms with Gasteiger partial charge in [-0.15, -0.1) is 0 Å². The van der Waals surface area contributed by atoms with Crippen LogP contribution in [0.2, 0.25) is 0 Å². The van der Waals surface area contributed by atoms with Crippen molar-refractivity contribution in [3.05, 3.63) is 0 Å². The molecule has 3 nitrogen and oxygen atoms in total. The maximum absolute atomic E-state index is 8.76. The van der Waals surface area contributed by atoms with Gasteiger partial charge in [-0.2, -0.15) is 0 Å². The zero-order valence-electron chi connectivity index (χ0n) is 3.12. The minimum atomic E-state index is -3.29. The molecular formula is H2NaO3Se2+3. The van der Waals surface area contributed by atoms with E-state index in [0.29, 0.717) is 0 Å². The molecule has 0 saturated carbocycles. The first-order valence-electron chi connectivity index (χ1n) is 0.532. The van der Waals surface area contributed by atoms with E-state index in [1.807, 2.05) is 0 Å². The third-order valence-corrected chi connectivity index (χ3v) is 0. The van der Waals surface area contributed by atoms with E-state index >= 15 is 0 Å². The Bertz CT molecular complexity index is 31.8. The fourth-order valence-electron chi connectivity index (χ4n) is 0. The standard InChI is InChI=1S/Na.H2O3Se.Se/c;1-4(2)3;/h;(H2,1,2,3);/q+1;;+2. The largest absolute Gasteiger partial charge is 2.00 e. The average molecular weight is 231 g/mol. The molecule has 0 atom stereocenters. The Morgan fingerprint density at radius 1 is 1.33 bits per heavy atom. The summed E-state index contributed by atoms with van der Waals surface area (Å²) in [6.07, 6.45) is 0. The Morgan fingerprint density at radius 3 is 1.33 bits per heavy atom. The van der Waals surface area contributed by atoms with Crippen LogP contribution in [0.4, 0.5) is 0 Å². The minimum Gasteiger partial charge on any atom is 1.00 e. The van der Waals surface area contributed by atoms with Crippen LogP contribution in [0.3, 0.4) is 0 Å². The van der Waals surface area contributed by atoms with E-state index in [9.17, 15) is 0 Å². The van der Waals surface area contributed by atoms with Gasteiger partial charge in [-0.05, 0) is 0 Å². The first-order valence-corrected chi connectivity index (χ1v) is 2.76. The summed E-state index contributed by atoms with van der Waals surface area (Å²) >= 11 is -3.29. The van der Waals surface area contributed by atoms with Crippen molar-refractivity contribution in [2.75, 3.05) is 0 Å². The second-order valence-corrected chi connectivity index (χ2v) is 1.20. The second kappa shape index (κ2) is 9.90. The summed E-state index contributed by atoms with van der Waals surface area (Å²) in [4.78, 5) is 0. The molecule has 6 heteroatoms. The molecule has 0 fully saturated rings. The molecule has 0 aliphatic heterocycles. The number of hydrogen-bond acceptors (Lipinski definition) is 1. The summed E-state index contributed by atoms with van der Waals surface area (Å²) in [7, 11) is 0. The number of rotatable bonds is 0. The summed E-state index contributed by atoms with van der Waals surface area (Å²) < 4.78 is 23.1. The Labute approximate surface area is 72.6 Å². The molecule has 0 heterocycles. The quantitative estimate of drug-likeness (QED) is 0.410. The van der Waals surface area contributed by atoms with Gasteiger partial charge in [0.25, 0.3) is 0 Å². The van der Waals surface area contributed by atoms with Gasteiger partial charge in [0.2, 0.25) is 0 Å². The van der Waals surface area contributed by atoms with E-state index in [0.717, 1.165) is 0 Å². The molecule has 0 aromatic rings. The molecule has 0 aliphatic carbocycles. The van der Waals surface area contributed by atoms with Gasteiger partial charge >= 0.3 is 73.3 Å². The fourth-order valence-corrected chi connectivity index (χ4v) is 0. The van der Waals surface area contributed by atoms with Crippen LogP contribution in [0.1, 0.15) is 0 Å². The SMILES string of the molecule is O=[Se](O)O.[Na+].[Se+2]. The third-order valence-electron chi connectivity index (χ3n) is 0. The van der Waals surface area contributed by atoms with Crippen LogP contribution >= 0.6 is 0 Å². The van der Waals surface area contributed by atoms with Crippen molar-refractivity contribution in [3.63, 3.8) is 0 Å². The van der Waals surface area contributed by atoms with E-state index in [4.69, 9.17) is 12.2 Å². The summed E-state index contributed by atoms with van der Waals surface area (Å²) in [5.41, 5.74) is 0. The van der Waals surface area contributed by atoms with Crippen LogP contribution in [0, 0.1) is 0 Å². The van der Waals surface area contributed by atoms with Crippen LogP contribution in [-0.4, -0.2) is 39.9 Å². The molecule has 4 radical (unpaired) electrons. The van der Waals surface area contributed by atoms with Gasteiger partial charge in [-0.25, -0.2) is 0 Å². The third kappa shape index (κ3) is 42.2. The van der Waals surface area contributed by atoms with Crippen LogP contribution in [0.15, 0.2) is 0 Å². The Hall–Kier alpha value is 1.76. The van der Waals surface area contributed by atoms with E-state index in [1.54, 1.807) is 0 Å². The van der Waals surface area contributed by atoms with Gasteiger partial charge in [0, 0.05) is 0 Å². The van der Waals surface area contributed by atoms with Crippen molar-refractivity contribution in [1.82, 2.24) is 0 Å². The van der Waals surface area contributed by atoms with Crippen LogP contribution < -0.4 is 29.6 Å². The molecule has 0 amide bonds. The van der Waals surface area contributed by atoms with Crippen LogP contribution in [0.5, 0.6) is 0 Å². The molecule has 6 heavy (non-hydrogen) atoms. The molecule has 0 rings (SSSR count). The molecule has 0 spiro atoms. The monoisotopic (exact) mass is 233 g/mol. The van der Waals surface area contributed by atoms with Crippen molar-refractivity contribution in [1.29, 1.82) is 0 Å². The molecule has 0 aromatic carbocycles. The van der Waals surface area contributed by atoms with Crippen molar-refractivity contribution in [3.8, 4) is 0 Å². The summed E-state index contributed by atoms with van der Waals surface area (Å²) in [6, 6.07) is 0. The molecule has 0 aliphatic rings. The summed E-state index contributed by atoms with van der Waals surface area (Å²) in [5, 5.41) is 0. The molecule has 0 bridgehead atoms. The first-order chi connectivity index (χ1) is 1.73. The van der Waals surface area contributed by atoms with Crippen molar-refractivity contribution >= 4 is 31.6 Å². The maximum atomic E-state index is 8.76. The van der Waals surface area contributed by atoms with Gasteiger partial charge < -0.3 is 0 Å². The van der Waals surface area contributed by atoms with E-state index in [2.05, 4.69) is 0 Å². The van der Waals surface area contributed by atoms with Gasteiger partial charge in [-0.3, -0.25) is 0 Å². The van der Waals surface area contributed by atoms with Crippen molar-refractivity contribution in [2.24, 2.45) is 0 Å². The summed E-state index contributed by atoms with van der Waals surface area (Å²) in [5.74, 6) is 0. The maximum Gasteiger partial charge on any atom is 2.00 e. The second-order valence-electron chi connectivity index (χ2n) is 0.231.